The van der Waals surface area contributed by atoms with Gasteiger partial charge in [0.1, 0.15) is 0 Å². The number of aryl methyl sites for hydroxylation is 2. The molecular weight excluding hydrogens is 396 g/mol. The van der Waals surface area contributed by atoms with Crippen LogP contribution in [-0.2, 0) is 11.2 Å². The highest BCUT2D eigenvalue weighted by atomic mass is 32.2. The minimum atomic E-state index is -0.177. The Kier molecular flexibility index (Phi) is 5.42. The molecule has 3 aromatic heterocycles. The van der Waals surface area contributed by atoms with Gasteiger partial charge in [-0.15, -0.1) is 10.2 Å². The highest BCUT2D eigenvalue weighted by molar-refractivity contribution is 7.98. The van der Waals surface area contributed by atoms with Crippen molar-refractivity contribution >= 4 is 11.8 Å². The standard InChI is InChI=1S/C22H24N6OS/c1-14-6-7-17(12-15(14)2)28-19(16-8-10-23-11-9-16)25-26-21(28)30-13-18-24-20(29-27-18)22(3,4)5/h6-12H,13H2,1-5H3. The summed E-state index contributed by atoms with van der Waals surface area (Å²) in [4.78, 5) is 8.64. The van der Waals surface area contributed by atoms with Crippen LogP contribution in [0.15, 0.2) is 52.4 Å². The first-order chi connectivity index (χ1) is 14.3. The summed E-state index contributed by atoms with van der Waals surface area (Å²) in [6.07, 6.45) is 3.52. The van der Waals surface area contributed by atoms with E-state index in [0.29, 0.717) is 17.5 Å². The van der Waals surface area contributed by atoms with Gasteiger partial charge in [0.15, 0.2) is 16.8 Å². The second-order valence-corrected chi connectivity index (χ2v) is 9.14. The topological polar surface area (TPSA) is 82.5 Å². The number of benzene rings is 1. The van der Waals surface area contributed by atoms with Crippen molar-refractivity contribution in [3.63, 3.8) is 0 Å². The third-order valence-electron chi connectivity index (χ3n) is 4.76. The van der Waals surface area contributed by atoms with E-state index in [0.717, 1.165) is 22.2 Å². The first-order valence-electron chi connectivity index (χ1n) is 9.72. The summed E-state index contributed by atoms with van der Waals surface area (Å²) in [5.41, 5.74) is 4.25. The zero-order valence-corrected chi connectivity index (χ0v) is 18.6. The molecule has 0 saturated heterocycles. The largest absolute Gasteiger partial charge is 0.339 e. The molecule has 0 N–H and O–H groups in total. The first kappa shape index (κ1) is 20.3. The van der Waals surface area contributed by atoms with Gasteiger partial charge in [-0.1, -0.05) is 43.8 Å². The normalized spacial score (nSPS) is 11.8. The molecule has 3 heterocycles. The molecule has 0 fully saturated rings. The molecule has 4 rings (SSSR count). The van der Waals surface area contributed by atoms with E-state index in [9.17, 15) is 0 Å². The molecule has 0 radical (unpaired) electrons. The number of pyridine rings is 1. The Morgan fingerprint density at radius 2 is 1.77 bits per heavy atom. The zero-order valence-electron chi connectivity index (χ0n) is 17.7. The number of thioether (sulfide) groups is 1. The molecular formula is C22H24N6OS. The summed E-state index contributed by atoms with van der Waals surface area (Å²) >= 11 is 1.53. The number of rotatable bonds is 5. The summed E-state index contributed by atoms with van der Waals surface area (Å²) in [6, 6.07) is 10.2. The van der Waals surface area contributed by atoms with Crippen molar-refractivity contribution in [2.75, 3.05) is 0 Å². The minimum Gasteiger partial charge on any atom is -0.339 e. The molecule has 0 aliphatic heterocycles. The maximum Gasteiger partial charge on any atom is 0.232 e. The quantitative estimate of drug-likeness (QED) is 0.424. The summed E-state index contributed by atoms with van der Waals surface area (Å²) < 4.78 is 7.48. The second-order valence-electron chi connectivity index (χ2n) is 8.20. The lowest BCUT2D eigenvalue weighted by molar-refractivity contribution is 0.319. The smallest absolute Gasteiger partial charge is 0.232 e. The maximum absolute atomic E-state index is 5.41. The Balaban J connectivity index is 1.70. The molecule has 0 amide bonds. The van der Waals surface area contributed by atoms with Gasteiger partial charge in [0.2, 0.25) is 5.89 Å². The lowest BCUT2D eigenvalue weighted by Gasteiger charge is -2.12. The Bertz CT molecular complexity index is 1160. The molecule has 154 valence electrons. The van der Waals surface area contributed by atoms with Gasteiger partial charge >= 0.3 is 0 Å². The summed E-state index contributed by atoms with van der Waals surface area (Å²) in [5.74, 6) is 2.58. The van der Waals surface area contributed by atoms with E-state index in [4.69, 9.17) is 4.52 Å². The van der Waals surface area contributed by atoms with Crippen LogP contribution < -0.4 is 0 Å². The third-order valence-corrected chi connectivity index (χ3v) is 5.69. The molecule has 8 heteroatoms. The van der Waals surface area contributed by atoms with E-state index < -0.39 is 0 Å². The number of hydrogen-bond donors (Lipinski definition) is 0. The minimum absolute atomic E-state index is 0.177. The van der Waals surface area contributed by atoms with Crippen molar-refractivity contribution in [2.45, 2.75) is 50.9 Å². The average molecular weight is 421 g/mol. The van der Waals surface area contributed by atoms with Gasteiger partial charge in [0.25, 0.3) is 0 Å². The van der Waals surface area contributed by atoms with E-state index >= 15 is 0 Å². The van der Waals surface area contributed by atoms with Gasteiger partial charge in [-0.3, -0.25) is 9.55 Å². The molecule has 1 aromatic carbocycles. The SMILES string of the molecule is Cc1ccc(-n2c(SCc3noc(C(C)(C)C)n3)nnc2-c2ccncc2)cc1C. The first-order valence-corrected chi connectivity index (χ1v) is 10.7. The fraction of sp³-hybridized carbons (Fsp3) is 0.318. The van der Waals surface area contributed by atoms with Crippen LogP contribution in [0.1, 0.15) is 43.6 Å². The van der Waals surface area contributed by atoms with Crippen LogP contribution in [0, 0.1) is 13.8 Å². The number of aromatic nitrogens is 6. The molecule has 0 bridgehead atoms. The van der Waals surface area contributed by atoms with Crippen LogP contribution in [0.3, 0.4) is 0 Å². The fourth-order valence-corrected chi connectivity index (χ4v) is 3.69. The highest BCUT2D eigenvalue weighted by Crippen LogP contribution is 2.30. The molecule has 0 aliphatic carbocycles. The Hall–Kier alpha value is -3.00. The van der Waals surface area contributed by atoms with Crippen molar-refractivity contribution in [1.29, 1.82) is 0 Å². The fourth-order valence-electron chi connectivity index (χ4n) is 2.90. The molecule has 4 aromatic rings. The molecule has 30 heavy (non-hydrogen) atoms. The number of hydrogen-bond acceptors (Lipinski definition) is 7. The van der Waals surface area contributed by atoms with Crippen LogP contribution in [0.5, 0.6) is 0 Å². The molecule has 0 unspecified atom stereocenters. The molecule has 0 aliphatic rings. The van der Waals surface area contributed by atoms with E-state index in [1.165, 1.54) is 22.9 Å². The lowest BCUT2D eigenvalue weighted by atomic mass is 9.97. The van der Waals surface area contributed by atoms with E-state index in [2.05, 4.69) is 82.7 Å². The zero-order chi connectivity index (χ0) is 21.3. The van der Waals surface area contributed by atoms with Crippen LogP contribution in [0.2, 0.25) is 0 Å². The molecule has 0 atom stereocenters. The van der Waals surface area contributed by atoms with E-state index in [1.807, 2.05) is 12.1 Å². The van der Waals surface area contributed by atoms with Crippen LogP contribution in [0.25, 0.3) is 17.1 Å². The third kappa shape index (κ3) is 4.14. The van der Waals surface area contributed by atoms with Crippen molar-refractivity contribution in [3.8, 4) is 17.1 Å². The highest BCUT2D eigenvalue weighted by Gasteiger charge is 2.22. The van der Waals surface area contributed by atoms with Crippen LogP contribution in [-0.4, -0.2) is 29.9 Å². The summed E-state index contributed by atoms with van der Waals surface area (Å²) in [6.45, 7) is 10.4. The van der Waals surface area contributed by atoms with Gasteiger partial charge in [0.05, 0.1) is 11.4 Å². The van der Waals surface area contributed by atoms with Crippen molar-refractivity contribution < 1.29 is 4.52 Å². The predicted molar refractivity (Wildman–Crippen MR) is 117 cm³/mol. The monoisotopic (exact) mass is 420 g/mol. The molecule has 7 nitrogen and oxygen atoms in total. The van der Waals surface area contributed by atoms with Gasteiger partial charge in [-0.05, 0) is 49.2 Å². The average Bonchev–Trinajstić information content (AvgIpc) is 3.36. The van der Waals surface area contributed by atoms with Crippen LogP contribution in [0.4, 0.5) is 0 Å². The van der Waals surface area contributed by atoms with Gasteiger partial charge in [0, 0.05) is 23.4 Å². The molecule has 0 saturated carbocycles. The maximum atomic E-state index is 5.41. The Morgan fingerprint density at radius 3 is 2.43 bits per heavy atom. The Morgan fingerprint density at radius 1 is 1.00 bits per heavy atom. The van der Waals surface area contributed by atoms with Gasteiger partial charge in [-0.2, -0.15) is 4.98 Å². The summed E-state index contributed by atoms with van der Waals surface area (Å²) in [5, 5.41) is 13.8. The predicted octanol–water partition coefficient (Wildman–Crippen LogP) is 4.92. The van der Waals surface area contributed by atoms with Gasteiger partial charge < -0.3 is 4.52 Å². The van der Waals surface area contributed by atoms with Crippen molar-refractivity contribution in [1.82, 2.24) is 29.9 Å². The molecule has 0 spiro atoms. The van der Waals surface area contributed by atoms with Crippen LogP contribution >= 0.6 is 11.8 Å². The van der Waals surface area contributed by atoms with E-state index in [-0.39, 0.29) is 5.41 Å². The van der Waals surface area contributed by atoms with Crippen molar-refractivity contribution in [3.05, 3.63) is 65.6 Å². The van der Waals surface area contributed by atoms with Crippen molar-refractivity contribution in [2.24, 2.45) is 0 Å². The van der Waals surface area contributed by atoms with E-state index in [1.54, 1.807) is 12.4 Å². The lowest BCUT2D eigenvalue weighted by Crippen LogP contribution is -2.11. The van der Waals surface area contributed by atoms with Gasteiger partial charge in [-0.25, -0.2) is 0 Å². The second kappa shape index (κ2) is 8.02. The Labute approximate surface area is 180 Å². The number of nitrogens with zero attached hydrogens (tertiary/aromatic N) is 6. The summed E-state index contributed by atoms with van der Waals surface area (Å²) in [7, 11) is 0.